The van der Waals surface area contributed by atoms with E-state index in [4.69, 9.17) is 49.1 Å². The molecule has 0 aliphatic carbocycles. The zero-order valence-corrected chi connectivity index (χ0v) is 52.8. The second-order valence-corrected chi connectivity index (χ2v) is 25.0. The number of rotatable bonds is 17. The quantitative estimate of drug-likeness (QED) is 0.0887. The third kappa shape index (κ3) is 13.6. The van der Waals surface area contributed by atoms with E-state index in [1.807, 2.05) is 52.2 Å². The average molecular weight is 1200 g/mol. The van der Waals surface area contributed by atoms with Gasteiger partial charge in [-0.05, 0) is 137 Å². The predicted molar refractivity (Wildman–Crippen MR) is 340 cm³/mol. The number of hydrogen-bond acceptors (Lipinski definition) is 20. The summed E-state index contributed by atoms with van der Waals surface area (Å²) in [4.78, 5) is 47.9. The van der Waals surface area contributed by atoms with Crippen LogP contribution >= 0.6 is 0 Å². The maximum atomic E-state index is 12.6. The van der Waals surface area contributed by atoms with Gasteiger partial charge < -0.3 is 58.6 Å². The van der Waals surface area contributed by atoms with Gasteiger partial charge in [0, 0.05) is 107 Å². The lowest BCUT2D eigenvalue weighted by atomic mass is 10.0. The number of anilines is 4. The molecule has 23 heteroatoms. The lowest BCUT2D eigenvalue weighted by molar-refractivity contribution is -0.128. The fraction of sp³-hybridized carbons (Fsp3) is 0.585. The highest BCUT2D eigenvalue weighted by Crippen LogP contribution is 2.41. The van der Waals surface area contributed by atoms with Gasteiger partial charge >= 0.3 is 12.0 Å². The number of aromatic nitrogens is 8. The molecule has 0 spiro atoms. The molecule has 88 heavy (non-hydrogen) atoms. The number of nitriles is 2. The Morgan fingerprint density at radius 2 is 1.20 bits per heavy atom. The van der Waals surface area contributed by atoms with Gasteiger partial charge in [-0.15, -0.1) is 0 Å². The molecule has 6 atom stereocenters. The first kappa shape index (κ1) is 62.0. The van der Waals surface area contributed by atoms with Crippen LogP contribution in [0.15, 0.2) is 49.3 Å². The topological polar surface area (TPSA) is 223 Å². The molecule has 0 saturated carbocycles. The Bertz CT molecular complexity index is 3520. The molecule has 1 amide bonds. The monoisotopic (exact) mass is 1200 g/mol. The first-order valence-electron chi connectivity index (χ1n) is 31.7. The van der Waals surface area contributed by atoms with Crippen LogP contribution in [0.25, 0.3) is 21.8 Å². The molecule has 6 aliphatic rings. The van der Waals surface area contributed by atoms with Crippen molar-refractivity contribution in [2.24, 2.45) is 0 Å². The molecule has 12 rings (SSSR count). The fourth-order valence-corrected chi connectivity index (χ4v) is 13.8. The van der Waals surface area contributed by atoms with Crippen LogP contribution in [0.1, 0.15) is 111 Å². The molecule has 4 fully saturated rings. The Labute approximate surface area is 517 Å². The largest absolute Gasteiger partial charge is 0.459 e. The minimum Gasteiger partial charge on any atom is -0.459 e. The number of carbonyl (C=O) groups is 1. The summed E-state index contributed by atoms with van der Waals surface area (Å²) < 4.78 is 28.9. The number of amides is 1. The minimum absolute atomic E-state index is 0.00283. The summed E-state index contributed by atoms with van der Waals surface area (Å²) >= 11 is 0. The maximum Gasteiger partial charge on any atom is 0.318 e. The molecule has 23 nitrogen and oxygen atoms in total. The smallest absolute Gasteiger partial charge is 0.318 e. The van der Waals surface area contributed by atoms with Crippen LogP contribution in [-0.2, 0) is 40.2 Å². The lowest BCUT2D eigenvalue weighted by Gasteiger charge is -2.42. The Kier molecular flexibility index (Phi) is 19.6. The molecule has 10 heterocycles. The molecule has 2 aromatic carbocycles. The second kappa shape index (κ2) is 27.8. The number of nitrogens with zero attached hydrogens (tertiary/aromatic N) is 17. The lowest BCUT2D eigenvalue weighted by Crippen LogP contribution is -2.55. The van der Waals surface area contributed by atoms with Crippen LogP contribution in [0.4, 0.5) is 23.0 Å². The number of nitrogens with one attached hydrogen (secondary N) is 1. The van der Waals surface area contributed by atoms with Crippen LogP contribution < -0.4 is 34.4 Å². The molecule has 0 radical (unpaired) electrons. The highest BCUT2D eigenvalue weighted by Gasteiger charge is 2.36. The van der Waals surface area contributed by atoms with E-state index in [0.717, 1.165) is 161 Å². The van der Waals surface area contributed by atoms with Crippen molar-refractivity contribution in [1.29, 1.82) is 10.5 Å². The van der Waals surface area contributed by atoms with Crippen molar-refractivity contribution in [3.63, 3.8) is 0 Å². The Morgan fingerprint density at radius 3 is 1.67 bits per heavy atom. The summed E-state index contributed by atoms with van der Waals surface area (Å²) in [6.07, 6.45) is 13.9. The molecular weight excluding hydrogens is 1110 g/mol. The van der Waals surface area contributed by atoms with Crippen molar-refractivity contribution in [2.75, 3.05) is 126 Å². The number of ether oxygens (including phenoxy) is 4. The second-order valence-electron chi connectivity index (χ2n) is 25.0. The van der Waals surface area contributed by atoms with Crippen LogP contribution in [0.3, 0.4) is 0 Å². The zero-order chi connectivity index (χ0) is 61.6. The van der Waals surface area contributed by atoms with E-state index in [1.165, 1.54) is 34.1 Å². The van der Waals surface area contributed by atoms with E-state index < -0.39 is 0 Å². The predicted octanol–water partition coefficient (Wildman–Crippen LogP) is 7.26. The van der Waals surface area contributed by atoms with E-state index in [0.29, 0.717) is 51.2 Å². The summed E-state index contributed by atoms with van der Waals surface area (Å²) in [5.41, 5.74) is 11.2. The van der Waals surface area contributed by atoms with Crippen LogP contribution in [0, 0.1) is 36.5 Å². The maximum absolute atomic E-state index is 12.6. The van der Waals surface area contributed by atoms with Crippen molar-refractivity contribution in [1.82, 2.24) is 59.5 Å². The average Bonchev–Trinajstić information content (AvgIpc) is 1.77. The van der Waals surface area contributed by atoms with Crippen LogP contribution in [0.5, 0.6) is 12.0 Å². The molecular formula is C65H88N18O5. The van der Waals surface area contributed by atoms with E-state index in [2.05, 4.69) is 103 Å². The number of benzene rings is 2. The summed E-state index contributed by atoms with van der Waals surface area (Å²) in [5, 5.41) is 34.2. The van der Waals surface area contributed by atoms with Crippen molar-refractivity contribution in [2.45, 2.75) is 142 Å². The van der Waals surface area contributed by atoms with Crippen molar-refractivity contribution in [3.8, 4) is 24.2 Å². The first-order valence-corrected chi connectivity index (χ1v) is 31.7. The summed E-state index contributed by atoms with van der Waals surface area (Å²) in [5.74, 6) is 1.64. The molecule has 1 N–H and O–H groups in total. The standard InChI is InChI=1S/C34H45N9O3.C31H43N9O2/c1-6-30(44)42-17-16-41(21-25(42)12-14-35)33-26-13-15-40(22-28(26)37-34(38-33)46-24(3)20-39(4)5)32-23(2)10-11-29-27(32)19-36-43(29)31-9-7-8-18-45-31;1-21-8-9-27-25(17-34-40(27)28-7-5-6-16-41-28)29(21)38-14-11-24-26(20-38)35-31(42-22(2)18-37(3)4)36-30(24)39-15-13-33-23(19-39)10-12-32/h6,10-11,19,24-25,31H,1,7-9,12-13,15-18,20-22H2,2-5H3;8-9,17,22-23,28,33H,5-7,10-11,13-16,18-20H2,1-4H3/t24-,25?,31?;22-,23?,28?/m11/s1. The van der Waals surface area contributed by atoms with Crippen molar-refractivity contribution >= 4 is 50.7 Å². The number of piperazine rings is 2. The molecule has 4 aromatic heterocycles. The van der Waals surface area contributed by atoms with Gasteiger partial charge in [0.1, 0.15) is 23.8 Å². The highest BCUT2D eigenvalue weighted by atomic mass is 16.5. The Balaban J connectivity index is 0.000000183. The van der Waals surface area contributed by atoms with E-state index >= 15 is 0 Å². The SMILES string of the molecule is C=CC(=O)N1CCN(c2nc(O[C@H](C)CN(C)C)nc3c2CCN(c2c(C)ccc4c2cnn4C2CCCCO2)C3)CC1CC#N.Cc1ccc2c(cnn2C2CCCCO2)c1N1CCc2c(nc(O[C@H](C)CN(C)C)nc2N2CCNC(CC#N)C2)C1. The third-order valence-corrected chi connectivity index (χ3v) is 17.8. The first-order chi connectivity index (χ1) is 42.7. The third-order valence-electron chi connectivity index (χ3n) is 17.8. The molecule has 4 unspecified atom stereocenters. The number of carbonyl (C=O) groups excluding carboxylic acids is 1. The number of aryl methyl sites for hydroxylation is 2. The summed E-state index contributed by atoms with van der Waals surface area (Å²) in [7, 11) is 8.11. The minimum atomic E-state index is -0.253. The molecule has 0 bridgehead atoms. The molecule has 468 valence electrons. The highest BCUT2D eigenvalue weighted by molar-refractivity contribution is 5.95. The fourth-order valence-electron chi connectivity index (χ4n) is 13.8. The van der Waals surface area contributed by atoms with Crippen molar-refractivity contribution in [3.05, 3.63) is 83.0 Å². The zero-order valence-electron chi connectivity index (χ0n) is 52.8. The molecule has 6 aliphatic heterocycles. The van der Waals surface area contributed by atoms with Gasteiger partial charge in [-0.1, -0.05) is 18.7 Å². The summed E-state index contributed by atoms with van der Waals surface area (Å²) in [6, 6.07) is 13.9. The van der Waals surface area contributed by atoms with Gasteiger partial charge in [-0.25, -0.2) is 9.36 Å². The van der Waals surface area contributed by atoms with Gasteiger partial charge in [0.2, 0.25) is 5.91 Å². The number of fused-ring (bicyclic) bond motifs is 4. The summed E-state index contributed by atoms with van der Waals surface area (Å²) in [6.45, 7) is 22.1. The van der Waals surface area contributed by atoms with Gasteiger partial charge in [0.15, 0.2) is 12.5 Å². The Morgan fingerprint density at radius 1 is 0.693 bits per heavy atom. The number of hydrogen-bond donors (Lipinski definition) is 1. The van der Waals surface area contributed by atoms with Gasteiger partial charge in [-0.3, -0.25) is 4.79 Å². The van der Waals surface area contributed by atoms with E-state index in [1.54, 1.807) is 4.90 Å². The van der Waals surface area contributed by atoms with Gasteiger partial charge in [-0.2, -0.15) is 40.7 Å². The van der Waals surface area contributed by atoms with E-state index in [9.17, 15) is 15.3 Å². The normalized spacial score (nSPS) is 21.3. The Hall–Kier alpha value is -7.67. The van der Waals surface area contributed by atoms with Crippen LogP contribution in [0.2, 0.25) is 0 Å². The van der Waals surface area contributed by atoms with Crippen LogP contribution in [-0.4, -0.2) is 191 Å². The molecule has 4 saturated heterocycles. The number of likely N-dealkylation sites (N-methyl/N-ethyl adjacent to an activating group) is 2. The molecule has 6 aromatic rings. The van der Waals surface area contributed by atoms with Crippen molar-refractivity contribution < 1.29 is 23.7 Å². The van der Waals surface area contributed by atoms with E-state index in [-0.39, 0.29) is 49.1 Å². The van der Waals surface area contributed by atoms with Gasteiger partial charge in [0.05, 0.1) is 90.3 Å². The van der Waals surface area contributed by atoms with Gasteiger partial charge in [0.25, 0.3) is 0 Å².